The molecule has 0 saturated heterocycles. The molecule has 1 aromatic heterocycles. The quantitative estimate of drug-likeness (QED) is 0.735. The molecule has 0 unspecified atom stereocenters. The van der Waals surface area contributed by atoms with E-state index in [9.17, 15) is 4.79 Å². The first-order valence-corrected chi connectivity index (χ1v) is 6.37. The Morgan fingerprint density at radius 3 is 2.88 bits per heavy atom. The van der Waals surface area contributed by atoms with Gasteiger partial charge in [-0.3, -0.25) is 4.79 Å². The van der Waals surface area contributed by atoms with Gasteiger partial charge in [0, 0.05) is 31.4 Å². The summed E-state index contributed by atoms with van der Waals surface area (Å²) in [4.78, 5) is 11.9. The third-order valence-electron chi connectivity index (χ3n) is 2.91. The van der Waals surface area contributed by atoms with E-state index in [0.29, 0.717) is 18.6 Å². The second-order valence-electron chi connectivity index (χ2n) is 4.90. The van der Waals surface area contributed by atoms with Crippen LogP contribution in [0.3, 0.4) is 0 Å². The van der Waals surface area contributed by atoms with E-state index in [1.54, 1.807) is 0 Å². The molecule has 2 rings (SSSR count). The van der Waals surface area contributed by atoms with Gasteiger partial charge in [-0.05, 0) is 25.0 Å². The van der Waals surface area contributed by atoms with Crippen molar-refractivity contribution in [1.82, 2.24) is 15.2 Å². The SMILES string of the molecule is CC(C)NCCNC(=O)c1cccn1C1CC1. The second-order valence-corrected chi connectivity index (χ2v) is 4.90. The van der Waals surface area contributed by atoms with Gasteiger partial charge < -0.3 is 15.2 Å². The minimum Gasteiger partial charge on any atom is -0.349 e. The van der Waals surface area contributed by atoms with Crippen molar-refractivity contribution < 1.29 is 4.79 Å². The summed E-state index contributed by atoms with van der Waals surface area (Å²) >= 11 is 0. The van der Waals surface area contributed by atoms with E-state index in [4.69, 9.17) is 0 Å². The molecule has 0 bridgehead atoms. The van der Waals surface area contributed by atoms with Crippen LogP contribution in [0.2, 0.25) is 0 Å². The average molecular weight is 235 g/mol. The van der Waals surface area contributed by atoms with Crippen LogP contribution in [-0.2, 0) is 0 Å². The maximum absolute atomic E-state index is 11.9. The molecule has 0 radical (unpaired) electrons. The largest absolute Gasteiger partial charge is 0.349 e. The molecule has 1 aliphatic carbocycles. The normalized spacial score (nSPS) is 15.2. The Morgan fingerprint density at radius 2 is 2.24 bits per heavy atom. The number of rotatable bonds is 6. The van der Waals surface area contributed by atoms with E-state index < -0.39 is 0 Å². The fourth-order valence-corrected chi connectivity index (χ4v) is 1.88. The smallest absolute Gasteiger partial charge is 0.267 e. The number of amides is 1. The van der Waals surface area contributed by atoms with Crippen LogP contribution in [0.15, 0.2) is 18.3 Å². The zero-order valence-corrected chi connectivity index (χ0v) is 10.6. The highest BCUT2D eigenvalue weighted by Gasteiger charge is 2.26. The van der Waals surface area contributed by atoms with Crippen LogP contribution < -0.4 is 10.6 Å². The fraction of sp³-hybridized carbons (Fsp3) is 0.615. The number of carbonyl (C=O) groups is 1. The molecule has 4 heteroatoms. The number of aromatic nitrogens is 1. The van der Waals surface area contributed by atoms with Gasteiger partial charge >= 0.3 is 0 Å². The predicted octanol–water partition coefficient (Wildman–Crippen LogP) is 1.55. The lowest BCUT2D eigenvalue weighted by molar-refractivity contribution is 0.0944. The van der Waals surface area contributed by atoms with E-state index >= 15 is 0 Å². The summed E-state index contributed by atoms with van der Waals surface area (Å²) in [6.45, 7) is 5.68. The van der Waals surface area contributed by atoms with Gasteiger partial charge in [-0.1, -0.05) is 13.8 Å². The van der Waals surface area contributed by atoms with Crippen LogP contribution in [0.5, 0.6) is 0 Å². The Labute approximate surface area is 102 Å². The van der Waals surface area contributed by atoms with Gasteiger partial charge in [0.2, 0.25) is 0 Å². The third-order valence-corrected chi connectivity index (χ3v) is 2.91. The highest BCUT2D eigenvalue weighted by atomic mass is 16.1. The number of nitrogens with zero attached hydrogens (tertiary/aromatic N) is 1. The van der Waals surface area contributed by atoms with E-state index in [1.807, 2.05) is 18.3 Å². The summed E-state index contributed by atoms with van der Waals surface area (Å²) in [5, 5.41) is 6.22. The highest BCUT2D eigenvalue weighted by molar-refractivity contribution is 5.92. The van der Waals surface area contributed by atoms with Crippen molar-refractivity contribution >= 4 is 5.91 Å². The fourth-order valence-electron chi connectivity index (χ4n) is 1.88. The molecular formula is C13H21N3O. The van der Waals surface area contributed by atoms with Gasteiger partial charge in [-0.25, -0.2) is 0 Å². The van der Waals surface area contributed by atoms with Crippen molar-refractivity contribution in [2.75, 3.05) is 13.1 Å². The zero-order chi connectivity index (χ0) is 12.3. The van der Waals surface area contributed by atoms with Crippen molar-refractivity contribution in [3.8, 4) is 0 Å². The number of nitrogens with one attached hydrogen (secondary N) is 2. The first-order chi connectivity index (χ1) is 8.18. The summed E-state index contributed by atoms with van der Waals surface area (Å²) in [6, 6.07) is 4.85. The first-order valence-electron chi connectivity index (χ1n) is 6.37. The van der Waals surface area contributed by atoms with Crippen LogP contribution in [0, 0.1) is 0 Å². The summed E-state index contributed by atoms with van der Waals surface area (Å²) in [6.07, 6.45) is 4.40. The Hall–Kier alpha value is -1.29. The molecule has 0 aliphatic heterocycles. The average Bonchev–Trinajstić information content (AvgIpc) is 3.02. The molecule has 0 atom stereocenters. The molecule has 1 heterocycles. The van der Waals surface area contributed by atoms with E-state index in [1.165, 1.54) is 12.8 Å². The molecule has 2 N–H and O–H groups in total. The number of carbonyl (C=O) groups excluding carboxylic acids is 1. The van der Waals surface area contributed by atoms with E-state index in [-0.39, 0.29) is 5.91 Å². The predicted molar refractivity (Wildman–Crippen MR) is 68.2 cm³/mol. The van der Waals surface area contributed by atoms with Crippen LogP contribution in [-0.4, -0.2) is 29.6 Å². The van der Waals surface area contributed by atoms with Gasteiger partial charge in [-0.15, -0.1) is 0 Å². The van der Waals surface area contributed by atoms with E-state index in [2.05, 4.69) is 29.0 Å². The van der Waals surface area contributed by atoms with E-state index in [0.717, 1.165) is 12.2 Å². The van der Waals surface area contributed by atoms with Crippen LogP contribution in [0.25, 0.3) is 0 Å². The number of hydrogen-bond donors (Lipinski definition) is 2. The minimum atomic E-state index is 0.0347. The molecule has 17 heavy (non-hydrogen) atoms. The Morgan fingerprint density at radius 1 is 1.47 bits per heavy atom. The van der Waals surface area contributed by atoms with Crippen LogP contribution >= 0.6 is 0 Å². The van der Waals surface area contributed by atoms with Crippen molar-refractivity contribution in [2.45, 2.75) is 38.8 Å². The number of hydrogen-bond acceptors (Lipinski definition) is 2. The van der Waals surface area contributed by atoms with Gasteiger partial charge in [0.05, 0.1) is 0 Å². The summed E-state index contributed by atoms with van der Waals surface area (Å²) in [5.74, 6) is 0.0347. The molecule has 1 fully saturated rings. The van der Waals surface area contributed by atoms with Gasteiger partial charge in [0.15, 0.2) is 0 Å². The van der Waals surface area contributed by atoms with Gasteiger partial charge in [-0.2, -0.15) is 0 Å². The maximum Gasteiger partial charge on any atom is 0.267 e. The Kier molecular flexibility index (Phi) is 3.84. The molecule has 1 aromatic rings. The Balaban J connectivity index is 1.80. The topological polar surface area (TPSA) is 46.1 Å². The summed E-state index contributed by atoms with van der Waals surface area (Å²) in [7, 11) is 0. The molecule has 0 spiro atoms. The van der Waals surface area contributed by atoms with Gasteiger partial charge in [0.1, 0.15) is 5.69 Å². The molecule has 4 nitrogen and oxygen atoms in total. The Bertz CT molecular complexity index is 380. The molecule has 1 aliphatic rings. The third kappa shape index (κ3) is 3.33. The highest BCUT2D eigenvalue weighted by Crippen LogP contribution is 2.35. The van der Waals surface area contributed by atoms with Crippen LogP contribution in [0.1, 0.15) is 43.2 Å². The van der Waals surface area contributed by atoms with Crippen LogP contribution in [0.4, 0.5) is 0 Å². The molecular weight excluding hydrogens is 214 g/mol. The van der Waals surface area contributed by atoms with Gasteiger partial charge in [0.25, 0.3) is 5.91 Å². The summed E-state index contributed by atoms with van der Waals surface area (Å²) in [5.41, 5.74) is 0.789. The molecule has 0 aromatic carbocycles. The summed E-state index contributed by atoms with van der Waals surface area (Å²) < 4.78 is 2.09. The standard InChI is InChI=1S/C13H21N3O/c1-10(2)14-7-8-15-13(17)12-4-3-9-16(12)11-5-6-11/h3-4,9-11,14H,5-8H2,1-2H3,(H,15,17). The van der Waals surface area contributed by atoms with Crippen molar-refractivity contribution in [3.63, 3.8) is 0 Å². The lowest BCUT2D eigenvalue weighted by Crippen LogP contribution is -2.35. The monoisotopic (exact) mass is 235 g/mol. The minimum absolute atomic E-state index is 0.0347. The zero-order valence-electron chi connectivity index (χ0n) is 10.6. The van der Waals surface area contributed by atoms with Crippen molar-refractivity contribution in [1.29, 1.82) is 0 Å². The second kappa shape index (κ2) is 5.36. The molecule has 1 amide bonds. The lowest BCUT2D eigenvalue weighted by atomic mass is 10.3. The maximum atomic E-state index is 11.9. The lowest BCUT2D eigenvalue weighted by Gasteiger charge is -2.10. The van der Waals surface area contributed by atoms with Crippen molar-refractivity contribution in [2.24, 2.45) is 0 Å². The molecule has 1 saturated carbocycles. The van der Waals surface area contributed by atoms with Crippen molar-refractivity contribution in [3.05, 3.63) is 24.0 Å². The first kappa shape index (κ1) is 12.2. The molecule has 94 valence electrons.